The number of hydrogen-bond acceptors (Lipinski definition) is 6. The van der Waals surface area contributed by atoms with Crippen molar-refractivity contribution >= 4 is 22.6 Å². The van der Waals surface area contributed by atoms with Crippen molar-refractivity contribution in [1.29, 1.82) is 0 Å². The van der Waals surface area contributed by atoms with Gasteiger partial charge in [0.2, 0.25) is 11.8 Å². The van der Waals surface area contributed by atoms with Crippen molar-refractivity contribution in [3.8, 4) is 17.0 Å². The molecule has 1 aliphatic carbocycles. The average molecular weight is 406 g/mol. The van der Waals surface area contributed by atoms with Gasteiger partial charge < -0.3 is 24.5 Å². The zero-order chi connectivity index (χ0) is 20.7. The number of nitrogens with zero attached hydrogens (tertiary/aromatic N) is 4. The third kappa shape index (κ3) is 3.47. The molecule has 4 aromatic rings. The van der Waals surface area contributed by atoms with E-state index in [9.17, 15) is 5.11 Å². The summed E-state index contributed by atoms with van der Waals surface area (Å²) >= 11 is 0. The first-order valence-electron chi connectivity index (χ1n) is 10.5. The smallest absolute Gasteiger partial charge is 0.228 e. The number of anilines is 1. The topological polar surface area (TPSA) is 100 Å². The lowest BCUT2D eigenvalue weighted by Crippen LogP contribution is -2.36. The number of imidazole rings is 1. The molecule has 0 saturated heterocycles. The maximum Gasteiger partial charge on any atom is 0.228 e. The van der Waals surface area contributed by atoms with Gasteiger partial charge in [-0.2, -0.15) is 9.97 Å². The van der Waals surface area contributed by atoms with Gasteiger partial charge in [-0.15, -0.1) is 0 Å². The van der Waals surface area contributed by atoms with E-state index in [1.54, 1.807) is 6.20 Å². The maximum atomic E-state index is 10.2. The summed E-state index contributed by atoms with van der Waals surface area (Å²) in [4.78, 5) is 17.0. The van der Waals surface area contributed by atoms with Gasteiger partial charge in [0.05, 0.1) is 17.6 Å². The molecule has 0 aliphatic heterocycles. The standard InChI is InChI=1S/C22H26N6O2/c1-3-30-20-18-16(14-4-5-17-23-10-11-28(17)13-14)12-24-19(18)26-21(27-20)25-15-6-8-22(2,29)9-7-15/h4-5,10-13,15,29H,3,6-9H2,1-2H3,(H2,24,25,26,27). The predicted molar refractivity (Wildman–Crippen MR) is 116 cm³/mol. The van der Waals surface area contributed by atoms with Gasteiger partial charge in [-0.05, 0) is 51.7 Å². The molecule has 3 N–H and O–H groups in total. The zero-order valence-corrected chi connectivity index (χ0v) is 17.2. The summed E-state index contributed by atoms with van der Waals surface area (Å²) in [6.45, 7) is 4.37. The highest BCUT2D eigenvalue weighted by Gasteiger charge is 2.29. The fraction of sp³-hybridized carbons (Fsp3) is 0.409. The van der Waals surface area contributed by atoms with Crippen LogP contribution in [0.5, 0.6) is 5.88 Å². The normalized spacial score (nSPS) is 21.9. The van der Waals surface area contributed by atoms with E-state index in [-0.39, 0.29) is 6.04 Å². The number of nitrogens with one attached hydrogen (secondary N) is 2. The second-order valence-electron chi connectivity index (χ2n) is 8.24. The highest BCUT2D eigenvalue weighted by Crippen LogP contribution is 2.35. The Balaban J connectivity index is 1.50. The first-order chi connectivity index (χ1) is 14.5. The van der Waals surface area contributed by atoms with Gasteiger partial charge in [0.25, 0.3) is 0 Å². The molecule has 1 aliphatic rings. The fourth-order valence-corrected chi connectivity index (χ4v) is 4.18. The number of pyridine rings is 1. The minimum atomic E-state index is -0.565. The van der Waals surface area contributed by atoms with E-state index in [1.165, 1.54) is 0 Å². The SMILES string of the molecule is CCOc1nc(NC2CCC(C)(O)CC2)nc2[nH]cc(-c3ccc4nccn4c3)c12. The fourth-order valence-electron chi connectivity index (χ4n) is 4.18. The lowest BCUT2D eigenvalue weighted by molar-refractivity contribution is 0.0195. The molecule has 0 bridgehead atoms. The Hall–Kier alpha value is -3.13. The molecular formula is C22H26N6O2. The number of H-pyrrole nitrogens is 1. The van der Waals surface area contributed by atoms with Crippen LogP contribution in [0.25, 0.3) is 27.8 Å². The quantitative estimate of drug-likeness (QED) is 0.466. The van der Waals surface area contributed by atoms with Gasteiger partial charge >= 0.3 is 0 Å². The Morgan fingerprint density at radius 3 is 2.93 bits per heavy atom. The predicted octanol–water partition coefficient (Wildman–Crippen LogP) is 3.78. The molecule has 4 aromatic heterocycles. The van der Waals surface area contributed by atoms with Crippen molar-refractivity contribution in [2.24, 2.45) is 0 Å². The van der Waals surface area contributed by atoms with Crippen molar-refractivity contribution in [2.75, 3.05) is 11.9 Å². The highest BCUT2D eigenvalue weighted by molar-refractivity contribution is 5.97. The molecule has 0 unspecified atom stereocenters. The van der Waals surface area contributed by atoms with E-state index >= 15 is 0 Å². The van der Waals surface area contributed by atoms with Crippen molar-refractivity contribution in [3.05, 3.63) is 36.9 Å². The monoisotopic (exact) mass is 406 g/mol. The van der Waals surface area contributed by atoms with Crippen LogP contribution in [-0.4, -0.2) is 47.7 Å². The Kier molecular flexibility index (Phi) is 4.58. The van der Waals surface area contributed by atoms with E-state index in [1.807, 2.05) is 49.0 Å². The number of rotatable bonds is 5. The van der Waals surface area contributed by atoms with Crippen LogP contribution >= 0.6 is 0 Å². The van der Waals surface area contributed by atoms with Crippen LogP contribution in [0.3, 0.4) is 0 Å². The number of aliphatic hydroxyl groups is 1. The lowest BCUT2D eigenvalue weighted by Gasteiger charge is -2.33. The molecule has 0 atom stereocenters. The number of fused-ring (bicyclic) bond motifs is 2. The third-order valence-electron chi connectivity index (χ3n) is 5.88. The van der Waals surface area contributed by atoms with Crippen LogP contribution in [0.15, 0.2) is 36.9 Å². The van der Waals surface area contributed by atoms with Crippen LogP contribution in [0, 0.1) is 0 Å². The van der Waals surface area contributed by atoms with Crippen LogP contribution in [0.1, 0.15) is 39.5 Å². The zero-order valence-electron chi connectivity index (χ0n) is 17.2. The average Bonchev–Trinajstić information content (AvgIpc) is 3.36. The molecule has 0 spiro atoms. The third-order valence-corrected chi connectivity index (χ3v) is 5.88. The van der Waals surface area contributed by atoms with Gasteiger partial charge in [-0.1, -0.05) is 0 Å². The van der Waals surface area contributed by atoms with Gasteiger partial charge in [0.1, 0.15) is 11.3 Å². The van der Waals surface area contributed by atoms with Gasteiger partial charge in [-0.3, -0.25) is 0 Å². The molecule has 0 amide bonds. The molecule has 5 rings (SSSR count). The molecule has 8 heteroatoms. The first-order valence-corrected chi connectivity index (χ1v) is 10.5. The van der Waals surface area contributed by atoms with Gasteiger partial charge in [0.15, 0.2) is 0 Å². The van der Waals surface area contributed by atoms with Crippen LogP contribution < -0.4 is 10.1 Å². The van der Waals surface area contributed by atoms with Crippen molar-refractivity contribution in [2.45, 2.75) is 51.2 Å². The summed E-state index contributed by atoms with van der Waals surface area (Å²) < 4.78 is 7.89. The van der Waals surface area contributed by atoms with E-state index in [2.05, 4.69) is 20.3 Å². The van der Waals surface area contributed by atoms with Crippen LogP contribution in [-0.2, 0) is 0 Å². The Labute approximate surface area is 174 Å². The summed E-state index contributed by atoms with van der Waals surface area (Å²) in [7, 11) is 0. The van der Waals surface area contributed by atoms with Gasteiger partial charge in [-0.25, -0.2) is 4.98 Å². The van der Waals surface area contributed by atoms with E-state index in [4.69, 9.17) is 9.72 Å². The second kappa shape index (κ2) is 7.28. The largest absolute Gasteiger partial charge is 0.477 e. The van der Waals surface area contributed by atoms with Crippen LogP contribution in [0.2, 0.25) is 0 Å². The molecule has 0 radical (unpaired) electrons. The molecule has 0 aromatic carbocycles. The van der Waals surface area contributed by atoms with E-state index < -0.39 is 5.60 Å². The molecule has 4 heterocycles. The van der Waals surface area contributed by atoms with Gasteiger partial charge in [0, 0.05) is 42.0 Å². The molecular weight excluding hydrogens is 380 g/mol. The molecule has 8 nitrogen and oxygen atoms in total. The highest BCUT2D eigenvalue weighted by atomic mass is 16.5. The maximum absolute atomic E-state index is 10.2. The number of ether oxygens (including phenoxy) is 1. The summed E-state index contributed by atoms with van der Waals surface area (Å²) in [5.74, 6) is 1.12. The van der Waals surface area contributed by atoms with Crippen molar-refractivity contribution in [1.82, 2.24) is 24.3 Å². The van der Waals surface area contributed by atoms with Crippen LogP contribution in [0.4, 0.5) is 5.95 Å². The Morgan fingerprint density at radius 1 is 1.30 bits per heavy atom. The molecule has 156 valence electrons. The molecule has 1 saturated carbocycles. The van der Waals surface area contributed by atoms with E-state index in [0.717, 1.165) is 53.5 Å². The number of aromatic nitrogens is 5. The summed E-state index contributed by atoms with van der Waals surface area (Å²) in [5.41, 5.74) is 3.10. The van der Waals surface area contributed by atoms with Crippen molar-refractivity contribution in [3.63, 3.8) is 0 Å². The van der Waals surface area contributed by atoms with E-state index in [0.29, 0.717) is 18.4 Å². The summed E-state index contributed by atoms with van der Waals surface area (Å²) in [5, 5.41) is 14.5. The Morgan fingerprint density at radius 2 is 2.13 bits per heavy atom. The lowest BCUT2D eigenvalue weighted by atomic mass is 9.84. The molecule has 1 fully saturated rings. The summed E-state index contributed by atoms with van der Waals surface area (Å²) in [6.07, 6.45) is 11.0. The van der Waals surface area contributed by atoms with Crippen molar-refractivity contribution < 1.29 is 9.84 Å². The summed E-state index contributed by atoms with van der Waals surface area (Å²) in [6, 6.07) is 4.28. The number of hydrogen-bond donors (Lipinski definition) is 3. The Bertz CT molecular complexity index is 1190. The minimum absolute atomic E-state index is 0.246. The number of aromatic amines is 1. The second-order valence-corrected chi connectivity index (χ2v) is 8.24. The first kappa shape index (κ1) is 18.9. The molecule has 30 heavy (non-hydrogen) atoms. The minimum Gasteiger partial charge on any atom is -0.477 e.